The highest BCUT2D eigenvalue weighted by Crippen LogP contribution is 2.68. The molecule has 34 heavy (non-hydrogen) atoms. The van der Waals surface area contributed by atoms with Crippen LogP contribution in [0.4, 0.5) is 32.0 Å². The molecule has 2 bridgehead atoms. The number of aromatic nitrogens is 2. The van der Waals surface area contributed by atoms with Gasteiger partial charge in [0.15, 0.2) is 0 Å². The van der Waals surface area contributed by atoms with Gasteiger partial charge in [-0.1, -0.05) is 11.6 Å². The van der Waals surface area contributed by atoms with E-state index in [4.69, 9.17) is 11.6 Å². The Balaban J connectivity index is 1.70. The maximum atomic E-state index is 13.6. The zero-order valence-electron chi connectivity index (χ0n) is 17.4. The summed E-state index contributed by atoms with van der Waals surface area (Å²) >= 11 is 6.11. The molecule has 1 N–H and O–H groups in total. The number of fused-ring (bicyclic) bond motifs is 1. The van der Waals surface area contributed by atoms with Crippen LogP contribution >= 0.6 is 11.6 Å². The molecule has 186 valence electrons. The molecule has 0 radical (unpaired) electrons. The molecule has 1 aromatic heterocycles. The van der Waals surface area contributed by atoms with Crippen LogP contribution in [0, 0.1) is 11.3 Å². The fourth-order valence-corrected chi connectivity index (χ4v) is 6.76. The van der Waals surface area contributed by atoms with Crippen LogP contribution < -0.4 is 4.90 Å². The van der Waals surface area contributed by atoms with E-state index in [1.165, 1.54) is 18.6 Å². The first-order valence-electron chi connectivity index (χ1n) is 10.4. The molecule has 6 nitrogen and oxygen atoms in total. The quantitative estimate of drug-likeness (QED) is 0.572. The summed E-state index contributed by atoms with van der Waals surface area (Å²) in [5.41, 5.74) is -6.81. The minimum absolute atomic E-state index is 0.0890. The molecule has 1 atom stereocenters. The second kappa shape index (κ2) is 7.50. The molecule has 4 aliphatic rings. The van der Waals surface area contributed by atoms with Gasteiger partial charge in [0.25, 0.3) is 0 Å². The lowest BCUT2D eigenvalue weighted by Crippen LogP contribution is -2.66. The predicted octanol–water partition coefficient (Wildman–Crippen LogP) is 4.92. The molecule has 1 aliphatic heterocycles. The van der Waals surface area contributed by atoms with E-state index in [0.717, 1.165) is 25.3 Å². The molecular weight excluding hydrogens is 510 g/mol. The Morgan fingerprint density at radius 1 is 1.15 bits per heavy atom. The van der Waals surface area contributed by atoms with Gasteiger partial charge in [-0.2, -0.15) is 30.6 Å². The normalized spacial score (nSPS) is 27.6. The van der Waals surface area contributed by atoms with Crippen molar-refractivity contribution in [3.05, 3.63) is 46.5 Å². The third-order valence-electron chi connectivity index (χ3n) is 7.24. The molecular formula is C20H19ClF6N4O2S. The second-order valence-corrected chi connectivity index (χ2v) is 11.5. The Kier molecular flexibility index (Phi) is 5.24. The van der Waals surface area contributed by atoms with Crippen LogP contribution in [-0.2, 0) is 29.3 Å². The van der Waals surface area contributed by atoms with Crippen molar-refractivity contribution in [2.75, 3.05) is 11.4 Å². The summed E-state index contributed by atoms with van der Waals surface area (Å²) in [5.74, 6) is 0.431. The molecule has 1 unspecified atom stereocenters. The summed E-state index contributed by atoms with van der Waals surface area (Å²) in [5, 5.41) is -0.805. The fraction of sp³-hybridized carbons (Fsp3) is 0.550. The highest BCUT2D eigenvalue weighted by atomic mass is 35.5. The van der Waals surface area contributed by atoms with Gasteiger partial charge in [-0.05, 0) is 42.7 Å². The number of anilines is 1. The van der Waals surface area contributed by atoms with Crippen molar-refractivity contribution in [3.63, 3.8) is 0 Å². The van der Waals surface area contributed by atoms with Gasteiger partial charge in [0.2, 0.25) is 0 Å². The first-order valence-corrected chi connectivity index (χ1v) is 12.2. The highest BCUT2D eigenvalue weighted by molar-refractivity contribution is 7.89. The number of rotatable bonds is 4. The molecule has 2 heterocycles. The summed E-state index contributed by atoms with van der Waals surface area (Å²) in [7, 11) is -5.83. The number of hydrogen-bond acceptors (Lipinski definition) is 4. The number of alkyl halides is 6. The Hall–Kier alpha value is -1.99. The summed E-state index contributed by atoms with van der Waals surface area (Å²) < 4.78 is 107. The minimum Gasteiger partial charge on any atom is -0.360 e. The van der Waals surface area contributed by atoms with Gasteiger partial charge in [-0.15, -0.1) is 0 Å². The van der Waals surface area contributed by atoms with Crippen LogP contribution in [0.15, 0.2) is 24.7 Å². The van der Waals surface area contributed by atoms with Gasteiger partial charge in [0, 0.05) is 36.6 Å². The molecule has 0 spiro atoms. The minimum atomic E-state index is -5.83. The Morgan fingerprint density at radius 3 is 2.32 bits per heavy atom. The summed E-state index contributed by atoms with van der Waals surface area (Å²) in [6.07, 6.45) is 0.208. The van der Waals surface area contributed by atoms with E-state index in [1.807, 2.05) is 0 Å². The predicted molar refractivity (Wildman–Crippen MR) is 110 cm³/mol. The van der Waals surface area contributed by atoms with Crippen LogP contribution in [0.5, 0.6) is 0 Å². The van der Waals surface area contributed by atoms with Crippen molar-refractivity contribution < 1.29 is 34.8 Å². The van der Waals surface area contributed by atoms with Gasteiger partial charge in [0.1, 0.15) is 0 Å². The molecule has 2 aromatic rings. The third-order valence-corrected chi connectivity index (χ3v) is 9.22. The van der Waals surface area contributed by atoms with Crippen molar-refractivity contribution in [1.82, 2.24) is 14.3 Å². The lowest BCUT2D eigenvalue weighted by atomic mass is 9.41. The number of benzene rings is 1. The molecule has 1 aromatic carbocycles. The summed E-state index contributed by atoms with van der Waals surface area (Å²) in [4.78, 5) is 8.52. The van der Waals surface area contributed by atoms with E-state index in [9.17, 15) is 34.8 Å². The number of hydrogen-bond donors (Lipinski definition) is 1. The van der Waals surface area contributed by atoms with E-state index in [2.05, 4.69) is 9.97 Å². The number of imidazole rings is 1. The average molecular weight is 529 g/mol. The smallest absolute Gasteiger partial charge is 0.360 e. The molecule has 3 fully saturated rings. The van der Waals surface area contributed by atoms with Crippen molar-refractivity contribution >= 4 is 27.3 Å². The lowest BCUT2D eigenvalue weighted by molar-refractivity contribution is -0.137. The third kappa shape index (κ3) is 3.58. The topological polar surface area (TPSA) is 69.3 Å². The number of aromatic amines is 1. The summed E-state index contributed by atoms with van der Waals surface area (Å²) in [6, 6.07) is 1.27. The molecule has 3 saturated carbocycles. The van der Waals surface area contributed by atoms with E-state index in [0.29, 0.717) is 11.6 Å². The Labute approximate surface area is 195 Å². The zero-order valence-corrected chi connectivity index (χ0v) is 19.0. The number of H-pyrrole nitrogens is 1. The first-order chi connectivity index (χ1) is 15.7. The molecule has 0 saturated heterocycles. The number of nitrogens with one attached hydrogen (secondary N) is 1. The van der Waals surface area contributed by atoms with Crippen LogP contribution in [0.3, 0.4) is 0 Å². The van der Waals surface area contributed by atoms with Crippen LogP contribution in [0.25, 0.3) is 0 Å². The first kappa shape index (κ1) is 23.7. The average Bonchev–Trinajstić information content (AvgIpc) is 3.09. The van der Waals surface area contributed by atoms with Gasteiger partial charge < -0.3 is 9.88 Å². The number of sulfonamides is 1. The van der Waals surface area contributed by atoms with Crippen molar-refractivity contribution in [2.24, 2.45) is 11.3 Å². The number of halogens is 7. The van der Waals surface area contributed by atoms with Crippen molar-refractivity contribution in [1.29, 1.82) is 0 Å². The van der Waals surface area contributed by atoms with E-state index >= 15 is 0 Å². The second-order valence-electron chi connectivity index (χ2n) is 9.23. The maximum absolute atomic E-state index is 13.6. The van der Waals surface area contributed by atoms with Gasteiger partial charge in [0.05, 0.1) is 29.2 Å². The van der Waals surface area contributed by atoms with Crippen molar-refractivity contribution in [2.45, 2.75) is 50.1 Å². The largest absolute Gasteiger partial charge is 0.511 e. The Morgan fingerprint density at radius 2 is 1.82 bits per heavy atom. The monoisotopic (exact) mass is 528 g/mol. The molecule has 3 aliphatic carbocycles. The standard InChI is InChI=1S/C20H19ClF6N4O2S/c21-17-13-8-30(34(32,33)20(25,26)27)9-16(18-3-11(4-18)5-18)31(7-12-6-28-10-29-12)15(13)2-1-14(17)19(22,23)24/h1-2,6,10-11,16H,3-5,7-9H2,(H,28,29). The van der Waals surface area contributed by atoms with Crippen molar-refractivity contribution in [3.8, 4) is 0 Å². The number of nitrogens with zero attached hydrogens (tertiary/aromatic N) is 3. The zero-order chi connectivity index (χ0) is 24.7. The molecule has 0 amide bonds. The van der Waals surface area contributed by atoms with Gasteiger partial charge in [-0.3, -0.25) is 0 Å². The fourth-order valence-electron chi connectivity index (χ4n) is 5.51. The van der Waals surface area contributed by atoms with Gasteiger partial charge in [-0.25, -0.2) is 13.4 Å². The van der Waals surface area contributed by atoms with E-state index < -0.39 is 56.8 Å². The summed E-state index contributed by atoms with van der Waals surface area (Å²) in [6.45, 7) is -1.35. The molecule has 6 rings (SSSR count). The van der Waals surface area contributed by atoms with Crippen LogP contribution in [0.2, 0.25) is 5.02 Å². The SMILES string of the molecule is O=S(=O)(N1Cc2c(ccc(C(F)(F)F)c2Cl)N(Cc2cnc[nH]2)C(C23CC(C2)C3)C1)C(F)(F)F. The van der Waals surface area contributed by atoms with Gasteiger partial charge >= 0.3 is 21.7 Å². The Bertz CT molecular complexity index is 1200. The van der Waals surface area contributed by atoms with Crippen LogP contribution in [0.1, 0.15) is 36.1 Å². The van der Waals surface area contributed by atoms with E-state index in [1.54, 1.807) is 4.90 Å². The molecule has 14 heteroatoms. The van der Waals surface area contributed by atoms with Crippen LogP contribution in [-0.4, -0.2) is 40.8 Å². The van der Waals surface area contributed by atoms with E-state index in [-0.39, 0.29) is 22.1 Å². The lowest BCUT2D eigenvalue weighted by Gasteiger charge is -2.67. The maximum Gasteiger partial charge on any atom is 0.511 e. The highest BCUT2D eigenvalue weighted by Gasteiger charge is 2.63.